The fraction of sp³-hybridized carbons (Fsp3) is 0.556. The standard InChI is InChI=1S/C18H25N3O2/c1-3-14-7-5-6-8-15(14)21-17(22)13-16(18(21)23)20-11-9-19(4-2)10-12-20/h5-8,16H,3-4,9-13H2,1-2H3. The molecule has 2 amide bonds. The Morgan fingerprint density at radius 2 is 1.74 bits per heavy atom. The monoisotopic (exact) mass is 315 g/mol. The first-order valence-corrected chi connectivity index (χ1v) is 8.56. The van der Waals surface area contributed by atoms with Crippen LogP contribution in [0.4, 0.5) is 5.69 Å². The van der Waals surface area contributed by atoms with Crippen LogP contribution < -0.4 is 4.90 Å². The van der Waals surface area contributed by atoms with Gasteiger partial charge in [-0.05, 0) is 24.6 Å². The molecule has 2 heterocycles. The van der Waals surface area contributed by atoms with Crippen molar-refractivity contribution < 1.29 is 9.59 Å². The molecule has 3 rings (SSSR count). The molecule has 23 heavy (non-hydrogen) atoms. The molecule has 2 saturated heterocycles. The lowest BCUT2D eigenvalue weighted by Crippen LogP contribution is -2.52. The summed E-state index contributed by atoms with van der Waals surface area (Å²) in [6, 6.07) is 7.43. The number of hydrogen-bond donors (Lipinski definition) is 0. The first kappa shape index (κ1) is 16.1. The van der Waals surface area contributed by atoms with Crippen molar-refractivity contribution in [3.8, 4) is 0 Å². The average Bonchev–Trinajstić information content (AvgIpc) is 2.89. The number of aryl methyl sites for hydroxylation is 1. The molecule has 2 fully saturated rings. The second kappa shape index (κ2) is 6.81. The summed E-state index contributed by atoms with van der Waals surface area (Å²) in [5.74, 6) is -0.125. The smallest absolute Gasteiger partial charge is 0.251 e. The lowest BCUT2D eigenvalue weighted by molar-refractivity contribution is -0.123. The van der Waals surface area contributed by atoms with Crippen LogP contribution >= 0.6 is 0 Å². The Hall–Kier alpha value is -1.72. The number of piperazine rings is 1. The van der Waals surface area contributed by atoms with Gasteiger partial charge in [0.1, 0.15) is 0 Å². The minimum Gasteiger partial charge on any atom is -0.301 e. The molecule has 2 aliphatic heterocycles. The molecule has 124 valence electrons. The van der Waals surface area contributed by atoms with Crippen molar-refractivity contribution in [1.82, 2.24) is 9.80 Å². The number of amides is 2. The van der Waals surface area contributed by atoms with Gasteiger partial charge in [-0.15, -0.1) is 0 Å². The van der Waals surface area contributed by atoms with Crippen molar-refractivity contribution in [2.24, 2.45) is 0 Å². The molecular formula is C18H25N3O2. The maximum Gasteiger partial charge on any atom is 0.251 e. The molecule has 5 nitrogen and oxygen atoms in total. The molecule has 0 radical (unpaired) electrons. The zero-order valence-electron chi connectivity index (χ0n) is 14.0. The quantitative estimate of drug-likeness (QED) is 0.790. The molecule has 1 aromatic carbocycles. The van der Waals surface area contributed by atoms with Crippen LogP contribution in [0.3, 0.4) is 0 Å². The van der Waals surface area contributed by atoms with Gasteiger partial charge in [-0.3, -0.25) is 14.5 Å². The average molecular weight is 315 g/mol. The topological polar surface area (TPSA) is 43.9 Å². The van der Waals surface area contributed by atoms with Crippen molar-refractivity contribution in [1.29, 1.82) is 0 Å². The van der Waals surface area contributed by atoms with E-state index in [2.05, 4.69) is 16.7 Å². The highest BCUT2D eigenvalue weighted by Crippen LogP contribution is 2.29. The van der Waals surface area contributed by atoms with Crippen molar-refractivity contribution in [2.75, 3.05) is 37.6 Å². The summed E-state index contributed by atoms with van der Waals surface area (Å²) in [5, 5.41) is 0. The fourth-order valence-electron chi connectivity index (χ4n) is 3.57. The van der Waals surface area contributed by atoms with E-state index in [0.717, 1.165) is 50.4 Å². The molecular weight excluding hydrogens is 290 g/mol. The third-order valence-electron chi connectivity index (χ3n) is 5.03. The minimum atomic E-state index is -0.286. The number of para-hydroxylation sites is 1. The molecule has 0 aromatic heterocycles. The molecule has 0 bridgehead atoms. The minimum absolute atomic E-state index is 0.0548. The summed E-state index contributed by atoms with van der Waals surface area (Å²) >= 11 is 0. The van der Waals surface area contributed by atoms with Gasteiger partial charge >= 0.3 is 0 Å². The van der Waals surface area contributed by atoms with Crippen LogP contribution in [0.2, 0.25) is 0 Å². The molecule has 0 aliphatic carbocycles. The van der Waals surface area contributed by atoms with Crippen LogP contribution in [-0.4, -0.2) is 60.4 Å². The lowest BCUT2D eigenvalue weighted by Gasteiger charge is -2.36. The number of benzene rings is 1. The second-order valence-corrected chi connectivity index (χ2v) is 6.24. The maximum atomic E-state index is 12.9. The predicted octanol–water partition coefficient (Wildman–Crippen LogP) is 1.52. The van der Waals surface area contributed by atoms with Crippen molar-refractivity contribution >= 4 is 17.5 Å². The summed E-state index contributed by atoms with van der Waals surface area (Å²) in [4.78, 5) is 31.4. The Balaban J connectivity index is 1.78. The largest absolute Gasteiger partial charge is 0.301 e. The van der Waals surface area contributed by atoms with E-state index in [4.69, 9.17) is 0 Å². The van der Waals surface area contributed by atoms with Crippen molar-refractivity contribution in [3.05, 3.63) is 29.8 Å². The number of rotatable bonds is 4. The SMILES string of the molecule is CCc1ccccc1N1C(=O)CC(N2CCN(CC)CC2)C1=O. The molecule has 0 saturated carbocycles. The third kappa shape index (κ3) is 3.03. The molecule has 1 atom stereocenters. The van der Waals surface area contributed by atoms with Crippen LogP contribution in [0.5, 0.6) is 0 Å². The summed E-state index contributed by atoms with van der Waals surface area (Å²) in [7, 11) is 0. The van der Waals surface area contributed by atoms with Gasteiger partial charge in [0.15, 0.2) is 0 Å². The number of likely N-dealkylation sites (N-methyl/N-ethyl adjacent to an activating group) is 1. The van der Waals surface area contributed by atoms with E-state index in [9.17, 15) is 9.59 Å². The van der Waals surface area contributed by atoms with E-state index in [0.29, 0.717) is 6.42 Å². The number of anilines is 1. The van der Waals surface area contributed by atoms with E-state index in [-0.39, 0.29) is 17.9 Å². The van der Waals surface area contributed by atoms with Gasteiger partial charge in [0.05, 0.1) is 18.2 Å². The fourth-order valence-corrected chi connectivity index (χ4v) is 3.57. The predicted molar refractivity (Wildman–Crippen MR) is 90.4 cm³/mol. The Morgan fingerprint density at radius 3 is 2.39 bits per heavy atom. The highest BCUT2D eigenvalue weighted by Gasteiger charge is 2.43. The van der Waals surface area contributed by atoms with Gasteiger partial charge in [-0.1, -0.05) is 32.0 Å². The van der Waals surface area contributed by atoms with Crippen molar-refractivity contribution in [3.63, 3.8) is 0 Å². The summed E-state index contributed by atoms with van der Waals surface area (Å²) < 4.78 is 0. The van der Waals surface area contributed by atoms with Gasteiger partial charge < -0.3 is 4.90 Å². The van der Waals surface area contributed by atoms with Crippen molar-refractivity contribution in [2.45, 2.75) is 32.7 Å². The zero-order chi connectivity index (χ0) is 16.4. The van der Waals surface area contributed by atoms with E-state index >= 15 is 0 Å². The number of imide groups is 1. The maximum absolute atomic E-state index is 12.9. The normalized spacial score (nSPS) is 23.7. The van der Waals surface area contributed by atoms with Gasteiger partial charge in [0.2, 0.25) is 5.91 Å². The number of hydrogen-bond acceptors (Lipinski definition) is 4. The van der Waals surface area contributed by atoms with Crippen LogP contribution in [0.15, 0.2) is 24.3 Å². The van der Waals surface area contributed by atoms with Crippen LogP contribution in [0.25, 0.3) is 0 Å². The van der Waals surface area contributed by atoms with E-state index in [1.165, 1.54) is 4.90 Å². The third-order valence-corrected chi connectivity index (χ3v) is 5.03. The second-order valence-electron chi connectivity index (χ2n) is 6.24. The highest BCUT2D eigenvalue weighted by molar-refractivity contribution is 6.22. The summed E-state index contributed by atoms with van der Waals surface area (Å²) in [6.45, 7) is 8.91. The molecule has 0 N–H and O–H groups in total. The van der Waals surface area contributed by atoms with E-state index < -0.39 is 0 Å². The van der Waals surface area contributed by atoms with E-state index in [1.807, 2.05) is 31.2 Å². The number of nitrogens with zero attached hydrogens (tertiary/aromatic N) is 3. The lowest BCUT2D eigenvalue weighted by atomic mass is 10.1. The van der Waals surface area contributed by atoms with Gasteiger partial charge in [-0.25, -0.2) is 4.90 Å². The number of carbonyl (C=O) groups excluding carboxylic acids is 2. The van der Waals surface area contributed by atoms with Gasteiger partial charge in [0.25, 0.3) is 5.91 Å². The molecule has 0 spiro atoms. The Kier molecular flexibility index (Phi) is 4.78. The molecule has 5 heteroatoms. The highest BCUT2D eigenvalue weighted by atomic mass is 16.2. The van der Waals surface area contributed by atoms with Crippen LogP contribution in [-0.2, 0) is 16.0 Å². The summed E-state index contributed by atoms with van der Waals surface area (Å²) in [5.41, 5.74) is 1.81. The number of carbonyl (C=O) groups is 2. The van der Waals surface area contributed by atoms with Crippen LogP contribution in [0.1, 0.15) is 25.8 Å². The Labute approximate surface area is 137 Å². The Bertz CT molecular complexity index is 594. The van der Waals surface area contributed by atoms with E-state index in [1.54, 1.807) is 0 Å². The molecule has 1 aromatic rings. The Morgan fingerprint density at radius 1 is 1.04 bits per heavy atom. The first-order chi connectivity index (χ1) is 11.2. The molecule has 2 aliphatic rings. The molecule has 1 unspecified atom stereocenters. The zero-order valence-corrected chi connectivity index (χ0v) is 14.0. The van der Waals surface area contributed by atoms with Crippen LogP contribution in [0, 0.1) is 0 Å². The van der Waals surface area contributed by atoms with Gasteiger partial charge in [-0.2, -0.15) is 0 Å². The van der Waals surface area contributed by atoms with Gasteiger partial charge in [0, 0.05) is 26.2 Å². The first-order valence-electron chi connectivity index (χ1n) is 8.56. The summed E-state index contributed by atoms with van der Waals surface area (Å²) in [6.07, 6.45) is 1.12.